The molecule has 1 aromatic carbocycles. The smallest absolute Gasteiger partial charge is 0.319 e. The molecule has 3 amide bonds. The van der Waals surface area contributed by atoms with Crippen molar-refractivity contribution >= 4 is 35.7 Å². The fraction of sp³-hybridized carbons (Fsp3) is 0.529. The summed E-state index contributed by atoms with van der Waals surface area (Å²) in [6.45, 7) is 3.79. The van der Waals surface area contributed by atoms with Crippen LogP contribution in [0.25, 0.3) is 0 Å². The molecule has 6 nitrogen and oxygen atoms in total. The summed E-state index contributed by atoms with van der Waals surface area (Å²) in [5.41, 5.74) is 6.81. The quantitative estimate of drug-likeness (QED) is 0.668. The van der Waals surface area contributed by atoms with Gasteiger partial charge in [0.1, 0.15) is 0 Å². The first kappa shape index (κ1) is 20.3. The van der Waals surface area contributed by atoms with Gasteiger partial charge in [-0.3, -0.25) is 4.79 Å². The number of carbonyl (C=O) groups is 2. The van der Waals surface area contributed by atoms with Crippen LogP contribution < -0.4 is 21.7 Å². The summed E-state index contributed by atoms with van der Waals surface area (Å²) in [5.74, 6) is -0.129. The van der Waals surface area contributed by atoms with Crippen molar-refractivity contribution in [1.29, 1.82) is 0 Å². The second kappa shape index (κ2) is 8.89. The highest BCUT2D eigenvalue weighted by Gasteiger charge is 2.35. The first-order valence-corrected chi connectivity index (χ1v) is 8.17. The first-order chi connectivity index (χ1) is 10.9. The summed E-state index contributed by atoms with van der Waals surface area (Å²) in [7, 11) is 0. The highest BCUT2D eigenvalue weighted by Crippen LogP contribution is 2.27. The van der Waals surface area contributed by atoms with E-state index in [1.807, 2.05) is 13.8 Å². The average molecular weight is 355 g/mol. The first-order valence-electron chi connectivity index (χ1n) is 8.17. The van der Waals surface area contributed by atoms with Crippen LogP contribution >= 0.6 is 12.4 Å². The van der Waals surface area contributed by atoms with Gasteiger partial charge in [0.2, 0.25) is 5.91 Å². The fourth-order valence-corrected chi connectivity index (χ4v) is 2.73. The van der Waals surface area contributed by atoms with Crippen LogP contribution in [-0.4, -0.2) is 23.5 Å². The van der Waals surface area contributed by atoms with Crippen LogP contribution in [0.5, 0.6) is 0 Å². The Morgan fingerprint density at radius 2 is 1.50 bits per heavy atom. The Balaban J connectivity index is 0.00000288. The lowest BCUT2D eigenvalue weighted by molar-refractivity contribution is -0.122. The molecule has 0 spiro atoms. The van der Waals surface area contributed by atoms with Crippen molar-refractivity contribution in [3.05, 3.63) is 24.3 Å². The number of benzene rings is 1. The molecule has 0 bridgehead atoms. The Labute approximate surface area is 149 Å². The lowest BCUT2D eigenvalue weighted by Crippen LogP contribution is -2.52. The van der Waals surface area contributed by atoms with Gasteiger partial charge in [0, 0.05) is 17.4 Å². The minimum atomic E-state index is -0.758. The number of amides is 3. The van der Waals surface area contributed by atoms with Gasteiger partial charge in [0.05, 0.1) is 5.54 Å². The molecule has 1 fully saturated rings. The molecule has 0 heterocycles. The van der Waals surface area contributed by atoms with E-state index in [-0.39, 0.29) is 30.4 Å². The number of rotatable bonds is 4. The third-order valence-electron chi connectivity index (χ3n) is 4.02. The number of halogens is 1. The van der Waals surface area contributed by atoms with Crippen LogP contribution in [0.2, 0.25) is 0 Å². The molecular formula is C17H27ClN4O2. The van der Waals surface area contributed by atoms with E-state index in [0.29, 0.717) is 11.4 Å². The van der Waals surface area contributed by atoms with Gasteiger partial charge in [-0.25, -0.2) is 4.79 Å². The summed E-state index contributed by atoms with van der Waals surface area (Å²) in [6.07, 6.45) is 4.60. The number of anilines is 2. The largest absolute Gasteiger partial charge is 0.336 e. The summed E-state index contributed by atoms with van der Waals surface area (Å²) >= 11 is 0. The third-order valence-corrected chi connectivity index (χ3v) is 4.02. The van der Waals surface area contributed by atoms with E-state index in [2.05, 4.69) is 16.0 Å². The van der Waals surface area contributed by atoms with E-state index >= 15 is 0 Å². The van der Waals surface area contributed by atoms with Gasteiger partial charge in [-0.2, -0.15) is 0 Å². The normalized spacial score (nSPS) is 16.0. The van der Waals surface area contributed by atoms with Crippen molar-refractivity contribution in [2.24, 2.45) is 5.73 Å². The molecule has 134 valence electrons. The van der Waals surface area contributed by atoms with Gasteiger partial charge in [-0.05, 0) is 51.0 Å². The molecule has 0 radical (unpaired) electrons. The lowest BCUT2D eigenvalue weighted by atomic mass is 9.82. The molecule has 1 aliphatic rings. The zero-order chi connectivity index (χ0) is 16.9. The maximum absolute atomic E-state index is 12.4. The number of urea groups is 1. The van der Waals surface area contributed by atoms with Gasteiger partial charge in [-0.1, -0.05) is 19.3 Å². The Morgan fingerprint density at radius 3 is 2.00 bits per heavy atom. The fourth-order valence-electron chi connectivity index (χ4n) is 2.73. The van der Waals surface area contributed by atoms with E-state index in [1.54, 1.807) is 24.3 Å². The van der Waals surface area contributed by atoms with Gasteiger partial charge >= 0.3 is 6.03 Å². The Kier molecular flexibility index (Phi) is 7.51. The maximum Gasteiger partial charge on any atom is 0.319 e. The standard InChI is InChI=1S/C17H26N4O2.ClH/c1-12(2)19-16(23)21-14-8-6-13(7-9-14)20-15(22)17(18)10-4-3-5-11-17;/h6-9,12H,3-5,10-11,18H2,1-2H3,(H,20,22)(H2,19,21,23);1H. The topological polar surface area (TPSA) is 96.2 Å². The Hall–Kier alpha value is -1.79. The summed E-state index contributed by atoms with van der Waals surface area (Å²) in [5, 5.41) is 8.36. The molecule has 7 heteroatoms. The molecule has 1 saturated carbocycles. The highest BCUT2D eigenvalue weighted by atomic mass is 35.5. The maximum atomic E-state index is 12.4. The third kappa shape index (κ3) is 5.69. The average Bonchev–Trinajstić information content (AvgIpc) is 2.49. The summed E-state index contributed by atoms with van der Waals surface area (Å²) in [4.78, 5) is 24.0. The molecule has 1 aliphatic carbocycles. The van der Waals surface area contributed by atoms with E-state index in [9.17, 15) is 9.59 Å². The Morgan fingerprint density at radius 1 is 1.00 bits per heavy atom. The van der Waals surface area contributed by atoms with Crippen molar-refractivity contribution in [1.82, 2.24) is 5.32 Å². The van der Waals surface area contributed by atoms with E-state index < -0.39 is 5.54 Å². The molecule has 0 atom stereocenters. The zero-order valence-electron chi connectivity index (χ0n) is 14.2. The number of carbonyl (C=O) groups excluding carboxylic acids is 2. The molecule has 24 heavy (non-hydrogen) atoms. The van der Waals surface area contributed by atoms with Crippen LogP contribution in [0.1, 0.15) is 46.0 Å². The SMILES string of the molecule is CC(C)NC(=O)Nc1ccc(NC(=O)C2(N)CCCCC2)cc1.Cl. The van der Waals surface area contributed by atoms with Crippen molar-refractivity contribution in [2.45, 2.75) is 57.5 Å². The van der Waals surface area contributed by atoms with Crippen LogP contribution in [0.4, 0.5) is 16.2 Å². The lowest BCUT2D eigenvalue weighted by Gasteiger charge is -2.31. The van der Waals surface area contributed by atoms with Gasteiger partial charge in [0.15, 0.2) is 0 Å². The second-order valence-electron chi connectivity index (χ2n) is 6.50. The van der Waals surface area contributed by atoms with E-state index in [4.69, 9.17) is 5.73 Å². The molecular weight excluding hydrogens is 328 g/mol. The van der Waals surface area contributed by atoms with Crippen molar-refractivity contribution in [3.63, 3.8) is 0 Å². The predicted molar refractivity (Wildman–Crippen MR) is 99.6 cm³/mol. The second-order valence-corrected chi connectivity index (χ2v) is 6.50. The van der Waals surface area contributed by atoms with Crippen molar-refractivity contribution in [2.75, 3.05) is 10.6 Å². The number of hydrogen-bond donors (Lipinski definition) is 4. The highest BCUT2D eigenvalue weighted by molar-refractivity contribution is 5.98. The molecule has 5 N–H and O–H groups in total. The van der Waals surface area contributed by atoms with Crippen LogP contribution in [-0.2, 0) is 4.79 Å². The predicted octanol–water partition coefficient (Wildman–Crippen LogP) is 3.24. The number of nitrogens with two attached hydrogens (primary N) is 1. The minimum absolute atomic E-state index is 0. The molecule has 0 aromatic heterocycles. The van der Waals surface area contributed by atoms with E-state index in [1.165, 1.54) is 0 Å². The minimum Gasteiger partial charge on any atom is -0.336 e. The van der Waals surface area contributed by atoms with Crippen molar-refractivity contribution < 1.29 is 9.59 Å². The van der Waals surface area contributed by atoms with Gasteiger partial charge in [0.25, 0.3) is 0 Å². The zero-order valence-corrected chi connectivity index (χ0v) is 15.0. The molecule has 0 saturated heterocycles. The number of hydrogen-bond acceptors (Lipinski definition) is 3. The van der Waals surface area contributed by atoms with Crippen molar-refractivity contribution in [3.8, 4) is 0 Å². The van der Waals surface area contributed by atoms with Crippen LogP contribution in [0.15, 0.2) is 24.3 Å². The number of nitrogens with one attached hydrogen (secondary N) is 3. The van der Waals surface area contributed by atoms with Crippen LogP contribution in [0, 0.1) is 0 Å². The molecule has 0 aliphatic heterocycles. The van der Waals surface area contributed by atoms with Crippen LogP contribution in [0.3, 0.4) is 0 Å². The molecule has 0 unspecified atom stereocenters. The summed E-state index contributed by atoms with van der Waals surface area (Å²) in [6, 6.07) is 6.84. The molecule has 1 aromatic rings. The molecule has 2 rings (SSSR count). The summed E-state index contributed by atoms with van der Waals surface area (Å²) < 4.78 is 0. The van der Waals surface area contributed by atoms with Gasteiger partial charge < -0.3 is 21.7 Å². The Bertz CT molecular complexity index is 554. The monoisotopic (exact) mass is 354 g/mol. The van der Waals surface area contributed by atoms with Gasteiger partial charge in [-0.15, -0.1) is 12.4 Å². The van der Waals surface area contributed by atoms with E-state index in [0.717, 1.165) is 32.1 Å².